The molecule has 1 heterocycles. The van der Waals surface area contributed by atoms with E-state index in [4.69, 9.17) is 4.74 Å². The van der Waals surface area contributed by atoms with Crippen molar-refractivity contribution in [3.05, 3.63) is 58.9 Å². The van der Waals surface area contributed by atoms with Gasteiger partial charge in [0, 0.05) is 18.1 Å². The third-order valence-electron chi connectivity index (χ3n) is 2.96. The number of ketones is 1. The van der Waals surface area contributed by atoms with Crippen molar-refractivity contribution in [2.75, 3.05) is 0 Å². The van der Waals surface area contributed by atoms with E-state index in [-0.39, 0.29) is 29.0 Å². The van der Waals surface area contributed by atoms with E-state index >= 15 is 0 Å². The standard InChI is InChI=1S/C14H7F3O2/c15-9-2-1-3-13-7(9)5-12(18)8-4-10(16)11(17)6-14(8)19-13/h1-4,6H,5H2. The Morgan fingerprint density at radius 3 is 2.47 bits per heavy atom. The molecule has 0 unspecified atom stereocenters. The highest BCUT2D eigenvalue weighted by Crippen LogP contribution is 2.35. The number of carbonyl (C=O) groups excluding carboxylic acids is 1. The van der Waals surface area contributed by atoms with E-state index in [0.717, 1.165) is 12.1 Å². The van der Waals surface area contributed by atoms with E-state index in [0.29, 0.717) is 0 Å². The first-order valence-electron chi connectivity index (χ1n) is 5.54. The van der Waals surface area contributed by atoms with Crippen molar-refractivity contribution >= 4 is 5.78 Å². The summed E-state index contributed by atoms with van der Waals surface area (Å²) in [4.78, 5) is 11.9. The molecule has 0 N–H and O–H groups in total. The van der Waals surface area contributed by atoms with Gasteiger partial charge in [-0.05, 0) is 18.2 Å². The fraction of sp³-hybridized carbons (Fsp3) is 0.0714. The second-order valence-corrected chi connectivity index (χ2v) is 4.18. The Bertz CT molecular complexity index is 695. The Morgan fingerprint density at radius 1 is 0.947 bits per heavy atom. The lowest BCUT2D eigenvalue weighted by Crippen LogP contribution is -2.04. The van der Waals surface area contributed by atoms with Crippen LogP contribution in [0.1, 0.15) is 15.9 Å². The van der Waals surface area contributed by atoms with Gasteiger partial charge in [-0.25, -0.2) is 13.2 Å². The van der Waals surface area contributed by atoms with Crippen LogP contribution in [0.25, 0.3) is 0 Å². The number of fused-ring (bicyclic) bond motifs is 2. The second kappa shape index (κ2) is 4.12. The van der Waals surface area contributed by atoms with Gasteiger partial charge in [0.25, 0.3) is 0 Å². The molecule has 0 saturated carbocycles. The number of ether oxygens (including phenoxy) is 1. The number of Topliss-reactive ketones (excluding diaryl/α,β-unsaturated/α-hetero) is 1. The molecule has 1 aliphatic heterocycles. The summed E-state index contributed by atoms with van der Waals surface area (Å²) < 4.78 is 45.3. The molecule has 0 saturated heterocycles. The quantitative estimate of drug-likeness (QED) is 0.726. The monoisotopic (exact) mass is 264 g/mol. The normalized spacial score (nSPS) is 13.3. The zero-order valence-corrected chi connectivity index (χ0v) is 9.54. The third-order valence-corrected chi connectivity index (χ3v) is 2.96. The third kappa shape index (κ3) is 1.87. The summed E-state index contributed by atoms with van der Waals surface area (Å²) in [6.07, 6.45) is -0.250. The maximum atomic E-state index is 13.6. The second-order valence-electron chi connectivity index (χ2n) is 4.18. The van der Waals surface area contributed by atoms with Crippen molar-refractivity contribution in [2.45, 2.75) is 6.42 Å². The Labute approximate surface area is 106 Å². The molecule has 0 fully saturated rings. The SMILES string of the molecule is O=C1Cc2c(F)cccc2Oc2cc(F)c(F)cc21. The first-order chi connectivity index (χ1) is 9.06. The topological polar surface area (TPSA) is 26.3 Å². The summed E-state index contributed by atoms with van der Waals surface area (Å²) in [5, 5.41) is 0. The molecule has 1 aliphatic rings. The molecule has 3 rings (SSSR count). The summed E-state index contributed by atoms with van der Waals surface area (Å²) in [7, 11) is 0. The smallest absolute Gasteiger partial charge is 0.171 e. The molecule has 0 aromatic heterocycles. The average molecular weight is 264 g/mol. The predicted molar refractivity (Wildman–Crippen MR) is 60.9 cm³/mol. The summed E-state index contributed by atoms with van der Waals surface area (Å²) in [6, 6.07) is 5.66. The van der Waals surface area contributed by atoms with Crippen LogP contribution in [0, 0.1) is 17.5 Å². The highest BCUT2D eigenvalue weighted by molar-refractivity contribution is 6.01. The van der Waals surface area contributed by atoms with E-state index < -0.39 is 23.2 Å². The maximum Gasteiger partial charge on any atom is 0.171 e. The number of halogens is 3. The van der Waals surface area contributed by atoms with Crippen molar-refractivity contribution < 1.29 is 22.7 Å². The van der Waals surface area contributed by atoms with Gasteiger partial charge in [-0.3, -0.25) is 4.79 Å². The van der Waals surface area contributed by atoms with Gasteiger partial charge in [0.05, 0.1) is 5.56 Å². The van der Waals surface area contributed by atoms with Crippen molar-refractivity contribution in [2.24, 2.45) is 0 Å². The molecule has 19 heavy (non-hydrogen) atoms. The fourth-order valence-electron chi connectivity index (χ4n) is 2.01. The largest absolute Gasteiger partial charge is 0.456 e. The Morgan fingerprint density at radius 2 is 1.68 bits per heavy atom. The van der Waals surface area contributed by atoms with E-state index in [1.807, 2.05) is 0 Å². The summed E-state index contributed by atoms with van der Waals surface area (Å²) in [5.41, 5.74) is -0.000911. The van der Waals surface area contributed by atoms with Crippen LogP contribution in [0.15, 0.2) is 30.3 Å². The number of hydrogen-bond acceptors (Lipinski definition) is 2. The van der Waals surface area contributed by atoms with Gasteiger partial charge in [-0.2, -0.15) is 0 Å². The van der Waals surface area contributed by atoms with Crippen LogP contribution in [-0.2, 0) is 6.42 Å². The lowest BCUT2D eigenvalue weighted by molar-refractivity contribution is 0.0992. The van der Waals surface area contributed by atoms with E-state index in [9.17, 15) is 18.0 Å². The lowest BCUT2D eigenvalue weighted by Gasteiger charge is -2.08. The Hall–Kier alpha value is -2.30. The van der Waals surface area contributed by atoms with E-state index in [2.05, 4.69) is 0 Å². The molecule has 5 heteroatoms. The first-order valence-corrected chi connectivity index (χ1v) is 5.54. The minimum Gasteiger partial charge on any atom is -0.456 e. The molecule has 0 bridgehead atoms. The van der Waals surface area contributed by atoms with E-state index in [1.54, 1.807) is 0 Å². The van der Waals surface area contributed by atoms with Crippen LogP contribution in [0.3, 0.4) is 0 Å². The summed E-state index contributed by atoms with van der Waals surface area (Å²) >= 11 is 0. The molecular weight excluding hydrogens is 257 g/mol. The Kier molecular flexibility index (Phi) is 2.55. The predicted octanol–water partition coefficient (Wildman–Crippen LogP) is 3.64. The van der Waals surface area contributed by atoms with Crippen molar-refractivity contribution in [3.63, 3.8) is 0 Å². The van der Waals surface area contributed by atoms with Crippen LogP contribution >= 0.6 is 0 Å². The highest BCUT2D eigenvalue weighted by Gasteiger charge is 2.25. The molecule has 0 radical (unpaired) electrons. The van der Waals surface area contributed by atoms with E-state index in [1.165, 1.54) is 18.2 Å². The molecule has 2 nitrogen and oxygen atoms in total. The highest BCUT2D eigenvalue weighted by atomic mass is 19.2. The number of benzene rings is 2. The molecule has 2 aromatic carbocycles. The average Bonchev–Trinajstić information content (AvgIpc) is 2.49. The lowest BCUT2D eigenvalue weighted by atomic mass is 10.0. The Balaban J connectivity index is 2.21. The van der Waals surface area contributed by atoms with Gasteiger partial charge in [0.1, 0.15) is 17.3 Å². The molecule has 0 aliphatic carbocycles. The molecule has 0 atom stereocenters. The molecule has 0 amide bonds. The molecule has 0 spiro atoms. The summed E-state index contributed by atoms with van der Waals surface area (Å²) in [6.45, 7) is 0. The number of carbonyl (C=O) groups is 1. The van der Waals surface area contributed by atoms with Crippen molar-refractivity contribution in [3.8, 4) is 11.5 Å². The van der Waals surface area contributed by atoms with Crippen LogP contribution in [-0.4, -0.2) is 5.78 Å². The van der Waals surface area contributed by atoms with Gasteiger partial charge in [-0.1, -0.05) is 6.07 Å². The molecule has 96 valence electrons. The van der Waals surface area contributed by atoms with Gasteiger partial charge < -0.3 is 4.74 Å². The number of rotatable bonds is 0. The van der Waals surface area contributed by atoms with Gasteiger partial charge in [0.2, 0.25) is 0 Å². The number of hydrogen-bond donors (Lipinski definition) is 0. The van der Waals surface area contributed by atoms with Crippen LogP contribution in [0.5, 0.6) is 11.5 Å². The van der Waals surface area contributed by atoms with Gasteiger partial charge in [-0.15, -0.1) is 0 Å². The van der Waals surface area contributed by atoms with Gasteiger partial charge >= 0.3 is 0 Å². The van der Waals surface area contributed by atoms with Gasteiger partial charge in [0.15, 0.2) is 17.4 Å². The first kappa shape index (κ1) is 11.8. The fourth-order valence-corrected chi connectivity index (χ4v) is 2.01. The van der Waals surface area contributed by atoms with Crippen molar-refractivity contribution in [1.29, 1.82) is 0 Å². The molecular formula is C14H7F3O2. The van der Waals surface area contributed by atoms with Crippen LogP contribution < -0.4 is 4.74 Å². The van der Waals surface area contributed by atoms with Crippen molar-refractivity contribution in [1.82, 2.24) is 0 Å². The zero-order chi connectivity index (χ0) is 13.6. The van der Waals surface area contributed by atoms with Crippen LogP contribution in [0.4, 0.5) is 13.2 Å². The van der Waals surface area contributed by atoms with Crippen LogP contribution in [0.2, 0.25) is 0 Å². The minimum absolute atomic E-state index is 0.0875. The summed E-state index contributed by atoms with van der Waals surface area (Å²) in [5.74, 6) is -3.32. The molecule has 2 aromatic rings. The minimum atomic E-state index is -1.14. The zero-order valence-electron chi connectivity index (χ0n) is 9.54. The maximum absolute atomic E-state index is 13.6.